The molecule has 24 heavy (non-hydrogen) atoms. The molecule has 2 aromatic rings. The van der Waals surface area contributed by atoms with Crippen molar-refractivity contribution in [3.05, 3.63) is 36.0 Å². The van der Waals surface area contributed by atoms with Crippen molar-refractivity contribution in [1.29, 1.82) is 0 Å². The van der Waals surface area contributed by atoms with Crippen molar-refractivity contribution < 1.29 is 17.2 Å². The van der Waals surface area contributed by atoms with Gasteiger partial charge < -0.3 is 5.32 Å². The van der Waals surface area contributed by atoms with Crippen LogP contribution in [0.15, 0.2) is 24.4 Å². The third kappa shape index (κ3) is 3.81. The van der Waals surface area contributed by atoms with E-state index in [9.17, 15) is 17.2 Å². The van der Waals surface area contributed by atoms with Gasteiger partial charge in [0.1, 0.15) is 11.3 Å². The predicted molar refractivity (Wildman–Crippen MR) is 89.3 cm³/mol. The summed E-state index contributed by atoms with van der Waals surface area (Å²) < 4.78 is 52.8. The number of aromatic nitrogens is 1. The Kier molecular flexibility index (Phi) is 4.69. The van der Waals surface area contributed by atoms with E-state index in [0.717, 1.165) is 31.6 Å². The quantitative estimate of drug-likeness (QED) is 0.865. The fraction of sp³-hybridized carbons (Fsp3) is 0.438. The summed E-state index contributed by atoms with van der Waals surface area (Å²) in [5, 5.41) is 3.57. The third-order valence-corrected chi connectivity index (χ3v) is 5.07. The van der Waals surface area contributed by atoms with Gasteiger partial charge in [-0.1, -0.05) is 6.42 Å². The van der Waals surface area contributed by atoms with E-state index in [1.807, 2.05) is 0 Å². The van der Waals surface area contributed by atoms with Gasteiger partial charge in [0.2, 0.25) is 10.0 Å². The molecule has 1 aromatic heterocycles. The van der Waals surface area contributed by atoms with E-state index in [4.69, 9.17) is 0 Å². The summed E-state index contributed by atoms with van der Waals surface area (Å²) in [5.74, 6) is -1.24. The first-order valence-corrected chi connectivity index (χ1v) is 9.67. The summed E-state index contributed by atoms with van der Waals surface area (Å²) in [7, 11) is -3.26. The zero-order valence-corrected chi connectivity index (χ0v) is 14.0. The van der Waals surface area contributed by atoms with Crippen molar-refractivity contribution in [2.45, 2.75) is 25.3 Å². The first kappa shape index (κ1) is 17.0. The van der Waals surface area contributed by atoms with E-state index < -0.39 is 21.7 Å². The number of sulfonamides is 1. The van der Waals surface area contributed by atoms with Gasteiger partial charge in [-0.15, -0.1) is 0 Å². The standard InChI is InChI=1S/C16H19F2N3O2S/c1-24(22,23)21-14-4-2-3-10(14)9-20-15-5-6-19-16-12(15)7-11(17)8-13(16)18/h5-8,10,14,21H,2-4,9H2,1H3,(H,19,20). The van der Waals surface area contributed by atoms with E-state index in [2.05, 4.69) is 15.0 Å². The molecule has 8 heteroatoms. The number of halogens is 2. The Morgan fingerprint density at radius 3 is 2.83 bits per heavy atom. The van der Waals surface area contributed by atoms with E-state index in [1.54, 1.807) is 6.07 Å². The maximum Gasteiger partial charge on any atom is 0.208 e. The highest BCUT2D eigenvalue weighted by atomic mass is 32.2. The molecule has 2 unspecified atom stereocenters. The second-order valence-corrected chi connectivity index (χ2v) is 7.99. The summed E-state index contributed by atoms with van der Waals surface area (Å²) in [4.78, 5) is 3.95. The van der Waals surface area contributed by atoms with Crippen LogP contribution in [0.1, 0.15) is 19.3 Å². The van der Waals surface area contributed by atoms with Gasteiger partial charge in [0.25, 0.3) is 0 Å². The van der Waals surface area contributed by atoms with Crippen LogP contribution in [-0.4, -0.2) is 32.2 Å². The Morgan fingerprint density at radius 2 is 2.08 bits per heavy atom. The number of pyridine rings is 1. The molecular weight excluding hydrogens is 336 g/mol. The Bertz CT molecular complexity index is 858. The molecule has 1 saturated carbocycles. The molecule has 1 aromatic carbocycles. The number of nitrogens with one attached hydrogen (secondary N) is 2. The number of hydrogen-bond acceptors (Lipinski definition) is 4. The Balaban J connectivity index is 1.78. The minimum absolute atomic E-state index is 0.110. The number of anilines is 1. The Hall–Kier alpha value is -1.80. The minimum atomic E-state index is -3.26. The van der Waals surface area contributed by atoms with Gasteiger partial charge in [0.05, 0.1) is 6.26 Å². The molecule has 0 radical (unpaired) electrons. The monoisotopic (exact) mass is 355 g/mol. The van der Waals surface area contributed by atoms with Crippen molar-refractivity contribution in [2.75, 3.05) is 18.1 Å². The molecule has 0 saturated heterocycles. The van der Waals surface area contributed by atoms with Crippen LogP contribution in [0.3, 0.4) is 0 Å². The molecule has 130 valence electrons. The third-order valence-electron chi connectivity index (χ3n) is 4.34. The molecule has 5 nitrogen and oxygen atoms in total. The number of fused-ring (bicyclic) bond motifs is 1. The number of benzene rings is 1. The SMILES string of the molecule is CS(=O)(=O)NC1CCCC1CNc1ccnc2c(F)cc(F)cc12. The van der Waals surface area contributed by atoms with E-state index in [-0.39, 0.29) is 17.5 Å². The molecule has 0 aliphatic heterocycles. The summed E-state index contributed by atoms with van der Waals surface area (Å²) in [6.45, 7) is 0.518. The highest BCUT2D eigenvalue weighted by Crippen LogP contribution is 2.29. The van der Waals surface area contributed by atoms with Gasteiger partial charge in [-0.25, -0.2) is 21.9 Å². The van der Waals surface area contributed by atoms with Crippen molar-refractivity contribution in [2.24, 2.45) is 5.92 Å². The van der Waals surface area contributed by atoms with Crippen LogP contribution in [-0.2, 0) is 10.0 Å². The predicted octanol–water partition coefficient (Wildman–Crippen LogP) is 2.64. The minimum Gasteiger partial charge on any atom is -0.384 e. The Morgan fingerprint density at radius 1 is 1.29 bits per heavy atom. The molecular formula is C16H19F2N3O2S. The van der Waals surface area contributed by atoms with E-state index in [1.165, 1.54) is 12.3 Å². The highest BCUT2D eigenvalue weighted by Gasteiger charge is 2.29. The highest BCUT2D eigenvalue weighted by molar-refractivity contribution is 7.88. The second kappa shape index (κ2) is 6.60. The largest absolute Gasteiger partial charge is 0.384 e. The number of rotatable bonds is 5. The molecule has 0 amide bonds. The number of nitrogens with zero attached hydrogens (tertiary/aromatic N) is 1. The van der Waals surface area contributed by atoms with Gasteiger partial charge in [-0.2, -0.15) is 0 Å². The van der Waals surface area contributed by atoms with Gasteiger partial charge in [-0.3, -0.25) is 4.98 Å². The summed E-state index contributed by atoms with van der Waals surface area (Å²) in [6.07, 6.45) is 5.25. The maximum absolute atomic E-state index is 13.8. The fourth-order valence-corrected chi connectivity index (χ4v) is 4.15. The Labute approximate surface area is 139 Å². The van der Waals surface area contributed by atoms with Crippen LogP contribution in [0.2, 0.25) is 0 Å². The molecule has 3 rings (SSSR count). The summed E-state index contributed by atoms with van der Waals surface area (Å²) in [5.41, 5.74) is 0.696. The topological polar surface area (TPSA) is 71.1 Å². The summed E-state index contributed by atoms with van der Waals surface area (Å²) >= 11 is 0. The molecule has 0 bridgehead atoms. The van der Waals surface area contributed by atoms with Crippen molar-refractivity contribution in [3.8, 4) is 0 Å². The normalized spacial score (nSPS) is 21.3. The van der Waals surface area contributed by atoms with Gasteiger partial charge in [-0.05, 0) is 30.9 Å². The lowest BCUT2D eigenvalue weighted by molar-refractivity contribution is 0.464. The summed E-state index contributed by atoms with van der Waals surface area (Å²) in [6, 6.07) is 3.60. The van der Waals surface area contributed by atoms with Crippen LogP contribution in [0.25, 0.3) is 10.9 Å². The lowest BCUT2D eigenvalue weighted by atomic mass is 10.0. The number of hydrogen-bond donors (Lipinski definition) is 2. The van der Waals surface area contributed by atoms with Gasteiger partial charge in [0, 0.05) is 35.9 Å². The van der Waals surface area contributed by atoms with Crippen LogP contribution in [0.5, 0.6) is 0 Å². The average molecular weight is 355 g/mol. The molecule has 1 aliphatic carbocycles. The van der Waals surface area contributed by atoms with Crippen molar-refractivity contribution in [1.82, 2.24) is 9.71 Å². The fourth-order valence-electron chi connectivity index (χ4n) is 3.29. The molecule has 0 spiro atoms. The van der Waals surface area contributed by atoms with E-state index in [0.29, 0.717) is 17.6 Å². The smallest absolute Gasteiger partial charge is 0.208 e. The van der Waals surface area contributed by atoms with Crippen molar-refractivity contribution in [3.63, 3.8) is 0 Å². The zero-order chi connectivity index (χ0) is 17.3. The first-order chi connectivity index (χ1) is 11.3. The molecule has 2 N–H and O–H groups in total. The first-order valence-electron chi connectivity index (χ1n) is 7.78. The van der Waals surface area contributed by atoms with Crippen LogP contribution < -0.4 is 10.0 Å². The average Bonchev–Trinajstić information content (AvgIpc) is 2.90. The zero-order valence-electron chi connectivity index (χ0n) is 13.2. The van der Waals surface area contributed by atoms with Gasteiger partial charge >= 0.3 is 0 Å². The molecule has 1 heterocycles. The van der Waals surface area contributed by atoms with Crippen molar-refractivity contribution >= 4 is 26.6 Å². The maximum atomic E-state index is 13.8. The lowest BCUT2D eigenvalue weighted by Crippen LogP contribution is -2.38. The lowest BCUT2D eigenvalue weighted by Gasteiger charge is -2.21. The van der Waals surface area contributed by atoms with Crippen LogP contribution in [0, 0.1) is 17.6 Å². The molecule has 1 aliphatic rings. The second-order valence-electron chi connectivity index (χ2n) is 6.21. The van der Waals surface area contributed by atoms with E-state index >= 15 is 0 Å². The van der Waals surface area contributed by atoms with Crippen LogP contribution >= 0.6 is 0 Å². The molecule has 2 atom stereocenters. The van der Waals surface area contributed by atoms with Gasteiger partial charge in [0.15, 0.2) is 5.82 Å². The van der Waals surface area contributed by atoms with Crippen LogP contribution in [0.4, 0.5) is 14.5 Å². The molecule has 1 fully saturated rings.